The molecule has 2 saturated carbocycles. The second kappa shape index (κ2) is 6.82. The Bertz CT molecular complexity index is 531. The summed E-state index contributed by atoms with van der Waals surface area (Å²) in [5.74, 6) is 1.85. The molecule has 142 valence electrons. The Kier molecular flexibility index (Phi) is 4.99. The van der Waals surface area contributed by atoms with E-state index in [1.807, 2.05) is 7.05 Å². The molecule has 3 heterocycles. The normalized spacial score (nSPS) is 38.0. The zero-order valence-electron chi connectivity index (χ0n) is 15.3. The van der Waals surface area contributed by atoms with E-state index in [-0.39, 0.29) is 24.0 Å². The van der Waals surface area contributed by atoms with Crippen LogP contribution in [0.5, 0.6) is 0 Å². The third-order valence-electron chi connectivity index (χ3n) is 7.82. The van der Waals surface area contributed by atoms with Crippen molar-refractivity contribution < 1.29 is 9.47 Å². The van der Waals surface area contributed by atoms with Crippen molar-refractivity contribution in [3.05, 3.63) is 0 Å². The summed E-state index contributed by atoms with van der Waals surface area (Å²) in [5, 5.41) is 3.90. The monoisotopic (exact) mass is 461 g/mol. The van der Waals surface area contributed by atoms with E-state index in [0.717, 1.165) is 38.9 Å². The van der Waals surface area contributed by atoms with Gasteiger partial charge in [0.05, 0.1) is 6.10 Å². The first-order valence-corrected chi connectivity index (χ1v) is 9.94. The van der Waals surface area contributed by atoms with E-state index in [9.17, 15) is 0 Å². The second-order valence-electron chi connectivity index (χ2n) is 8.78. The number of rotatable bonds is 1. The maximum absolute atomic E-state index is 6.06. The van der Waals surface area contributed by atoms with Crippen LogP contribution >= 0.6 is 24.0 Å². The van der Waals surface area contributed by atoms with Crippen LogP contribution < -0.4 is 5.32 Å². The minimum Gasteiger partial charge on any atom is -0.381 e. The van der Waals surface area contributed by atoms with Crippen LogP contribution in [0.15, 0.2) is 4.99 Å². The number of fused-ring (bicyclic) bond motifs is 2. The molecular formula is C19H32IN3O2. The summed E-state index contributed by atoms with van der Waals surface area (Å²) in [7, 11) is 1.95. The maximum atomic E-state index is 6.06. The molecule has 0 radical (unpaired) electrons. The van der Waals surface area contributed by atoms with Gasteiger partial charge >= 0.3 is 0 Å². The lowest BCUT2D eigenvalue weighted by atomic mass is 9.46. The first-order valence-electron chi connectivity index (χ1n) is 9.94. The number of guanidine groups is 1. The summed E-state index contributed by atoms with van der Waals surface area (Å²) in [6, 6.07) is 0.587. The van der Waals surface area contributed by atoms with Crippen LogP contribution in [0.4, 0.5) is 0 Å². The van der Waals surface area contributed by atoms with E-state index >= 15 is 0 Å². The average Bonchev–Trinajstić information content (AvgIpc) is 3.14. The number of ether oxygens (including phenoxy) is 2. The van der Waals surface area contributed by atoms with Gasteiger partial charge in [0.2, 0.25) is 0 Å². The first-order chi connectivity index (χ1) is 11.8. The third kappa shape index (κ3) is 2.73. The molecule has 5 rings (SSSR count). The van der Waals surface area contributed by atoms with Gasteiger partial charge in [0.25, 0.3) is 0 Å². The molecule has 2 spiro atoms. The van der Waals surface area contributed by atoms with Gasteiger partial charge in [-0.3, -0.25) is 4.99 Å². The number of hydrogen-bond acceptors (Lipinski definition) is 3. The molecule has 3 atom stereocenters. The van der Waals surface area contributed by atoms with Crippen molar-refractivity contribution in [2.45, 2.75) is 57.1 Å². The molecule has 2 aliphatic carbocycles. The standard InChI is InChI=1S/C19H31N3O2.HI/c1-20-17(22-9-6-18(13-22)7-11-23-12-8-18)21-15-14-3-10-24-16(14)19(15)4-2-5-19;/h14-16H,2-13H2,1H3,(H,20,21);1H. The molecule has 0 bridgehead atoms. The van der Waals surface area contributed by atoms with Crippen LogP contribution in [0.1, 0.15) is 44.9 Å². The SMILES string of the molecule is CN=C(NC1C2CCOC2C12CCC2)N1CCC2(CCOCC2)C1.I. The van der Waals surface area contributed by atoms with Crippen molar-refractivity contribution in [2.75, 3.05) is 40.0 Å². The van der Waals surface area contributed by atoms with Crippen LogP contribution in [0.25, 0.3) is 0 Å². The number of nitrogens with zero attached hydrogens (tertiary/aromatic N) is 2. The van der Waals surface area contributed by atoms with Gasteiger partial charge in [0, 0.05) is 57.3 Å². The quantitative estimate of drug-likeness (QED) is 0.371. The molecule has 0 amide bonds. The van der Waals surface area contributed by atoms with Gasteiger partial charge in [0.1, 0.15) is 0 Å². The highest BCUT2D eigenvalue weighted by molar-refractivity contribution is 14.0. The van der Waals surface area contributed by atoms with Crippen LogP contribution in [0.2, 0.25) is 0 Å². The van der Waals surface area contributed by atoms with Crippen molar-refractivity contribution in [1.29, 1.82) is 0 Å². The zero-order valence-corrected chi connectivity index (χ0v) is 17.7. The van der Waals surface area contributed by atoms with E-state index < -0.39 is 0 Å². The summed E-state index contributed by atoms with van der Waals surface area (Å²) in [6.07, 6.45) is 9.52. The Hall–Kier alpha value is -0.0800. The Morgan fingerprint density at radius 2 is 1.92 bits per heavy atom. The summed E-state index contributed by atoms with van der Waals surface area (Å²) >= 11 is 0. The van der Waals surface area contributed by atoms with Gasteiger partial charge in [0.15, 0.2) is 5.96 Å². The van der Waals surface area contributed by atoms with Gasteiger partial charge in [-0.1, -0.05) is 6.42 Å². The summed E-state index contributed by atoms with van der Waals surface area (Å²) < 4.78 is 11.7. The van der Waals surface area contributed by atoms with Gasteiger partial charge in [-0.25, -0.2) is 0 Å². The Balaban J connectivity index is 0.00000157. The molecule has 1 N–H and O–H groups in total. The van der Waals surface area contributed by atoms with Gasteiger partial charge in [-0.15, -0.1) is 24.0 Å². The maximum Gasteiger partial charge on any atom is 0.193 e. The van der Waals surface area contributed by atoms with Crippen LogP contribution in [-0.2, 0) is 9.47 Å². The number of nitrogens with one attached hydrogen (secondary N) is 1. The van der Waals surface area contributed by atoms with Gasteiger partial charge in [-0.2, -0.15) is 0 Å². The minimum atomic E-state index is 0. The fraction of sp³-hybridized carbons (Fsp3) is 0.947. The number of halogens is 1. The van der Waals surface area contributed by atoms with E-state index in [0.29, 0.717) is 28.9 Å². The largest absolute Gasteiger partial charge is 0.381 e. The van der Waals surface area contributed by atoms with E-state index in [4.69, 9.17) is 9.47 Å². The number of aliphatic imine (C=N–C) groups is 1. The van der Waals surface area contributed by atoms with Gasteiger partial charge in [-0.05, 0) is 43.9 Å². The molecule has 5 fully saturated rings. The molecule has 3 saturated heterocycles. The predicted molar refractivity (Wildman–Crippen MR) is 109 cm³/mol. The highest BCUT2D eigenvalue weighted by atomic mass is 127. The molecule has 5 aliphatic rings. The van der Waals surface area contributed by atoms with Gasteiger partial charge < -0.3 is 19.7 Å². The molecule has 0 aromatic heterocycles. The lowest BCUT2D eigenvalue weighted by molar-refractivity contribution is -0.171. The summed E-state index contributed by atoms with van der Waals surface area (Å²) in [6.45, 7) is 5.13. The fourth-order valence-electron chi connectivity index (χ4n) is 6.22. The Labute approximate surface area is 168 Å². The van der Waals surface area contributed by atoms with Crippen molar-refractivity contribution in [2.24, 2.45) is 21.7 Å². The highest BCUT2D eigenvalue weighted by Gasteiger charge is 2.67. The molecular weight excluding hydrogens is 429 g/mol. The molecule has 3 aliphatic heterocycles. The average molecular weight is 461 g/mol. The fourth-order valence-corrected chi connectivity index (χ4v) is 6.22. The van der Waals surface area contributed by atoms with E-state index in [2.05, 4.69) is 15.2 Å². The van der Waals surface area contributed by atoms with Crippen LogP contribution in [-0.4, -0.2) is 63.0 Å². The summed E-state index contributed by atoms with van der Waals surface area (Å²) in [5.41, 5.74) is 0.899. The topological polar surface area (TPSA) is 46.1 Å². The lowest BCUT2D eigenvalue weighted by Crippen LogP contribution is -2.72. The third-order valence-corrected chi connectivity index (χ3v) is 7.82. The molecule has 0 aromatic rings. The molecule has 0 aromatic carbocycles. The first kappa shape index (κ1) is 18.3. The van der Waals surface area contributed by atoms with Crippen molar-refractivity contribution in [3.63, 3.8) is 0 Å². The zero-order chi connectivity index (χ0) is 16.2. The van der Waals surface area contributed by atoms with Crippen molar-refractivity contribution in [1.82, 2.24) is 10.2 Å². The van der Waals surface area contributed by atoms with Crippen molar-refractivity contribution >= 4 is 29.9 Å². The lowest BCUT2D eigenvalue weighted by Gasteiger charge is -2.63. The van der Waals surface area contributed by atoms with Crippen molar-refractivity contribution in [3.8, 4) is 0 Å². The summed E-state index contributed by atoms with van der Waals surface area (Å²) in [4.78, 5) is 7.18. The Morgan fingerprint density at radius 3 is 2.60 bits per heavy atom. The molecule has 3 unspecified atom stereocenters. The smallest absolute Gasteiger partial charge is 0.193 e. The molecule has 25 heavy (non-hydrogen) atoms. The van der Waals surface area contributed by atoms with Crippen LogP contribution in [0.3, 0.4) is 0 Å². The van der Waals surface area contributed by atoms with Crippen LogP contribution in [0, 0.1) is 16.7 Å². The Morgan fingerprint density at radius 1 is 1.12 bits per heavy atom. The molecule has 6 heteroatoms. The predicted octanol–water partition coefficient (Wildman–Crippen LogP) is 2.64. The van der Waals surface area contributed by atoms with E-state index in [1.54, 1.807) is 0 Å². The minimum absolute atomic E-state index is 0. The molecule has 5 nitrogen and oxygen atoms in total. The number of hydrogen-bond donors (Lipinski definition) is 1. The second-order valence-corrected chi connectivity index (χ2v) is 8.78. The van der Waals surface area contributed by atoms with E-state index in [1.165, 1.54) is 44.9 Å². The number of likely N-dealkylation sites (tertiary alicyclic amines) is 1. The highest BCUT2D eigenvalue weighted by Crippen LogP contribution is 2.62.